The molecule has 23 heavy (non-hydrogen) atoms. The molecule has 0 N–H and O–H groups in total. The van der Waals surface area contributed by atoms with E-state index in [0.29, 0.717) is 12.0 Å². The van der Waals surface area contributed by atoms with Gasteiger partial charge in [0.05, 0.1) is 6.61 Å². The summed E-state index contributed by atoms with van der Waals surface area (Å²) in [7, 11) is 0. The fraction of sp³-hybridized carbons (Fsp3) is 0.476. The molecule has 0 bridgehead atoms. The molecule has 0 aliphatic carbocycles. The van der Waals surface area contributed by atoms with Crippen molar-refractivity contribution in [1.82, 2.24) is 0 Å². The first-order valence-electron chi connectivity index (χ1n) is 8.51. The van der Waals surface area contributed by atoms with E-state index in [0.717, 1.165) is 31.2 Å². The van der Waals surface area contributed by atoms with Crippen LogP contribution in [0.5, 0.6) is 0 Å². The van der Waals surface area contributed by atoms with Crippen LogP contribution in [0, 0.1) is 5.41 Å². The smallest absolute Gasteiger partial charge is 0.330 e. The van der Waals surface area contributed by atoms with Crippen molar-refractivity contribution >= 4 is 12.0 Å². The van der Waals surface area contributed by atoms with E-state index in [1.54, 1.807) is 6.08 Å². The highest BCUT2D eigenvalue weighted by molar-refractivity contribution is 5.82. The maximum atomic E-state index is 11.6. The third kappa shape index (κ3) is 9.72. The molecule has 126 valence electrons. The van der Waals surface area contributed by atoms with Gasteiger partial charge in [0.25, 0.3) is 0 Å². The Morgan fingerprint density at radius 3 is 2.39 bits per heavy atom. The van der Waals surface area contributed by atoms with Crippen molar-refractivity contribution in [2.24, 2.45) is 5.41 Å². The summed E-state index contributed by atoms with van der Waals surface area (Å²) in [6, 6.07) is 8.40. The minimum atomic E-state index is -0.272. The summed E-state index contributed by atoms with van der Waals surface area (Å²) < 4.78 is 5.18. The molecule has 0 aromatic heterocycles. The largest absolute Gasteiger partial charge is 0.463 e. The molecule has 0 atom stereocenters. The topological polar surface area (TPSA) is 26.3 Å². The third-order valence-electron chi connectivity index (χ3n) is 3.59. The Kier molecular flexibility index (Phi) is 8.39. The quantitative estimate of drug-likeness (QED) is 0.271. The summed E-state index contributed by atoms with van der Waals surface area (Å²) in [5, 5.41) is 0. The molecule has 0 saturated carbocycles. The number of aryl methyl sites for hydroxylation is 1. The van der Waals surface area contributed by atoms with Gasteiger partial charge >= 0.3 is 5.97 Å². The van der Waals surface area contributed by atoms with Gasteiger partial charge < -0.3 is 4.74 Å². The van der Waals surface area contributed by atoms with E-state index >= 15 is 0 Å². The van der Waals surface area contributed by atoms with Gasteiger partial charge in [-0.2, -0.15) is 0 Å². The van der Waals surface area contributed by atoms with Crippen LogP contribution in [0.1, 0.15) is 58.1 Å². The van der Waals surface area contributed by atoms with E-state index in [1.165, 1.54) is 11.6 Å². The predicted molar refractivity (Wildman–Crippen MR) is 98.3 cm³/mol. The molecule has 2 heteroatoms. The summed E-state index contributed by atoms with van der Waals surface area (Å²) >= 11 is 0. The van der Waals surface area contributed by atoms with Crippen LogP contribution < -0.4 is 0 Å². The second-order valence-corrected chi connectivity index (χ2v) is 7.00. The number of esters is 1. The Labute approximate surface area is 141 Å². The molecule has 0 saturated heterocycles. The van der Waals surface area contributed by atoms with Gasteiger partial charge in [-0.15, -0.1) is 0 Å². The van der Waals surface area contributed by atoms with Gasteiger partial charge in [-0.05, 0) is 42.2 Å². The second-order valence-electron chi connectivity index (χ2n) is 7.00. The van der Waals surface area contributed by atoms with E-state index in [9.17, 15) is 4.79 Å². The number of carbonyl (C=O) groups is 1. The van der Waals surface area contributed by atoms with Crippen molar-refractivity contribution in [2.45, 2.75) is 53.4 Å². The maximum absolute atomic E-state index is 11.6. The fourth-order valence-electron chi connectivity index (χ4n) is 2.14. The van der Waals surface area contributed by atoms with Crippen molar-refractivity contribution < 1.29 is 9.53 Å². The molecule has 0 aliphatic rings. The van der Waals surface area contributed by atoms with E-state index in [4.69, 9.17) is 4.74 Å². The first-order valence-corrected chi connectivity index (χ1v) is 8.51. The Morgan fingerprint density at radius 1 is 1.09 bits per heavy atom. The second kappa shape index (κ2) is 10.0. The molecule has 1 aromatic carbocycles. The van der Waals surface area contributed by atoms with Gasteiger partial charge in [0.1, 0.15) is 0 Å². The number of carbonyl (C=O) groups excluding carboxylic acids is 1. The van der Waals surface area contributed by atoms with Crippen LogP contribution in [0.15, 0.2) is 42.5 Å². The van der Waals surface area contributed by atoms with Crippen LogP contribution in [-0.4, -0.2) is 12.6 Å². The highest BCUT2D eigenvalue weighted by atomic mass is 16.5. The minimum Gasteiger partial charge on any atom is -0.463 e. The summed E-state index contributed by atoms with van der Waals surface area (Å²) in [6.07, 6.45) is 11.3. The molecule has 2 nitrogen and oxygen atoms in total. The molecular weight excluding hydrogens is 284 g/mol. The van der Waals surface area contributed by atoms with Gasteiger partial charge in [-0.25, -0.2) is 4.79 Å². The summed E-state index contributed by atoms with van der Waals surface area (Å²) in [4.78, 5) is 11.6. The zero-order valence-corrected chi connectivity index (χ0v) is 15.0. The van der Waals surface area contributed by atoms with Gasteiger partial charge in [-0.3, -0.25) is 0 Å². The van der Waals surface area contributed by atoms with Crippen LogP contribution in [0.2, 0.25) is 0 Å². The Hall–Kier alpha value is -1.83. The lowest BCUT2D eigenvalue weighted by Gasteiger charge is -2.17. The Morgan fingerprint density at radius 2 is 1.78 bits per heavy atom. The molecule has 0 amide bonds. The maximum Gasteiger partial charge on any atom is 0.330 e. The number of rotatable bonds is 8. The van der Waals surface area contributed by atoms with Gasteiger partial charge in [0.2, 0.25) is 0 Å². The molecule has 0 unspecified atom stereocenters. The number of benzene rings is 1. The first-order chi connectivity index (χ1) is 10.9. The molecule has 0 spiro atoms. The lowest BCUT2D eigenvalue weighted by atomic mass is 9.90. The van der Waals surface area contributed by atoms with Crippen molar-refractivity contribution in [3.8, 4) is 0 Å². The van der Waals surface area contributed by atoms with E-state index in [2.05, 4.69) is 52.0 Å². The molecule has 0 fully saturated rings. The van der Waals surface area contributed by atoms with Crippen LogP contribution >= 0.6 is 0 Å². The predicted octanol–water partition coefficient (Wildman–Crippen LogP) is 5.58. The molecule has 0 aliphatic heterocycles. The van der Waals surface area contributed by atoms with Crippen molar-refractivity contribution in [3.05, 3.63) is 53.6 Å². The monoisotopic (exact) mass is 314 g/mol. The lowest BCUT2D eigenvalue weighted by Crippen LogP contribution is -2.06. The molecule has 1 rings (SSSR count). The zero-order chi connectivity index (χ0) is 17.1. The van der Waals surface area contributed by atoms with Crippen molar-refractivity contribution in [2.75, 3.05) is 6.61 Å². The van der Waals surface area contributed by atoms with Gasteiger partial charge in [0.15, 0.2) is 0 Å². The minimum absolute atomic E-state index is 0.272. The van der Waals surface area contributed by atoms with Crippen LogP contribution in [-0.2, 0) is 16.0 Å². The van der Waals surface area contributed by atoms with Crippen molar-refractivity contribution in [3.63, 3.8) is 0 Å². The molecular formula is C21H30O2. The van der Waals surface area contributed by atoms with Crippen LogP contribution in [0.3, 0.4) is 0 Å². The third-order valence-corrected chi connectivity index (χ3v) is 3.59. The molecule has 0 radical (unpaired) electrons. The van der Waals surface area contributed by atoms with Crippen molar-refractivity contribution in [1.29, 1.82) is 0 Å². The van der Waals surface area contributed by atoms with Gasteiger partial charge in [-0.1, -0.05) is 70.2 Å². The molecule has 0 heterocycles. The normalized spacial score (nSPS) is 12.2. The van der Waals surface area contributed by atoms with Gasteiger partial charge in [0, 0.05) is 6.08 Å². The van der Waals surface area contributed by atoms with Crippen LogP contribution in [0.25, 0.3) is 6.08 Å². The number of unbranched alkanes of at least 4 members (excludes halogenated alkanes) is 1. The Bertz CT molecular complexity index is 516. The lowest BCUT2D eigenvalue weighted by molar-refractivity contribution is -0.137. The van der Waals surface area contributed by atoms with E-state index in [1.807, 2.05) is 12.2 Å². The SMILES string of the molecule is CCc1ccc(/C=C/C=C/C(=O)OCCCCC(C)(C)C)cc1. The molecule has 1 aromatic rings. The average molecular weight is 314 g/mol. The number of allylic oxidation sites excluding steroid dienone is 2. The highest BCUT2D eigenvalue weighted by Crippen LogP contribution is 2.21. The van der Waals surface area contributed by atoms with E-state index < -0.39 is 0 Å². The Balaban J connectivity index is 2.23. The summed E-state index contributed by atoms with van der Waals surface area (Å²) in [6.45, 7) is 9.32. The van der Waals surface area contributed by atoms with Crippen LogP contribution in [0.4, 0.5) is 0 Å². The standard InChI is InChI=1S/C21H30O2/c1-5-18-12-14-19(15-13-18)10-6-7-11-20(22)23-17-9-8-16-21(2,3)4/h6-7,10-15H,5,8-9,16-17H2,1-4H3/b10-6+,11-7+. The summed E-state index contributed by atoms with van der Waals surface area (Å²) in [5.41, 5.74) is 2.81. The highest BCUT2D eigenvalue weighted by Gasteiger charge is 2.08. The fourth-order valence-corrected chi connectivity index (χ4v) is 2.14. The number of ether oxygens (including phenoxy) is 1. The average Bonchev–Trinajstić information content (AvgIpc) is 2.50. The zero-order valence-electron chi connectivity index (χ0n) is 15.0. The number of hydrogen-bond acceptors (Lipinski definition) is 2. The first kappa shape index (κ1) is 19.2. The number of hydrogen-bond donors (Lipinski definition) is 0. The van der Waals surface area contributed by atoms with E-state index in [-0.39, 0.29) is 5.97 Å². The summed E-state index contributed by atoms with van der Waals surface area (Å²) in [5.74, 6) is -0.272.